The van der Waals surface area contributed by atoms with E-state index >= 15 is 0 Å². The van der Waals surface area contributed by atoms with Crippen LogP contribution in [0, 0.1) is 6.92 Å². The number of H-pyrrole nitrogens is 1. The zero-order valence-corrected chi connectivity index (χ0v) is 12.3. The lowest BCUT2D eigenvalue weighted by Crippen LogP contribution is -2.13. The summed E-state index contributed by atoms with van der Waals surface area (Å²) in [5.41, 5.74) is 4.11. The first-order chi connectivity index (χ1) is 10.1. The lowest BCUT2D eigenvalue weighted by molar-refractivity contribution is 1.02. The molecule has 5 heteroatoms. The summed E-state index contributed by atoms with van der Waals surface area (Å²) >= 11 is 0. The van der Waals surface area contributed by atoms with Gasteiger partial charge in [-0.25, -0.2) is 9.97 Å². The molecule has 3 aromatic rings. The number of benzene rings is 1. The maximum absolute atomic E-state index is 4.65. The van der Waals surface area contributed by atoms with Gasteiger partial charge < -0.3 is 4.90 Å². The standard InChI is InChI=1S/C16H17N5/c1-11-10-17-15(19-16(11)21(2)3)13-6-4-5-12(9-13)14-7-8-18-20-14/h4-10H,1-3H3,(H,18,20). The number of aryl methyl sites for hydroxylation is 1. The van der Waals surface area contributed by atoms with Crippen molar-refractivity contribution in [3.8, 4) is 22.6 Å². The van der Waals surface area contributed by atoms with E-state index in [9.17, 15) is 0 Å². The van der Waals surface area contributed by atoms with Crippen molar-refractivity contribution >= 4 is 5.82 Å². The average molecular weight is 279 g/mol. The third kappa shape index (κ3) is 2.63. The molecular formula is C16H17N5. The van der Waals surface area contributed by atoms with Gasteiger partial charge in [-0.2, -0.15) is 5.10 Å². The van der Waals surface area contributed by atoms with Gasteiger partial charge in [0, 0.05) is 43.2 Å². The molecular weight excluding hydrogens is 262 g/mol. The summed E-state index contributed by atoms with van der Waals surface area (Å²) < 4.78 is 0. The third-order valence-electron chi connectivity index (χ3n) is 3.30. The summed E-state index contributed by atoms with van der Waals surface area (Å²) in [6, 6.07) is 10.1. The number of aromatic nitrogens is 4. The maximum atomic E-state index is 4.65. The van der Waals surface area contributed by atoms with Gasteiger partial charge in [0.15, 0.2) is 5.82 Å². The van der Waals surface area contributed by atoms with Crippen LogP contribution in [0.5, 0.6) is 0 Å². The fraction of sp³-hybridized carbons (Fsp3) is 0.188. The van der Waals surface area contributed by atoms with Crippen molar-refractivity contribution in [2.45, 2.75) is 6.92 Å². The predicted octanol–water partition coefficient (Wildman–Crippen LogP) is 2.91. The first-order valence-electron chi connectivity index (χ1n) is 6.76. The van der Waals surface area contributed by atoms with Gasteiger partial charge in [-0.15, -0.1) is 0 Å². The average Bonchev–Trinajstić information content (AvgIpc) is 3.02. The highest BCUT2D eigenvalue weighted by Crippen LogP contribution is 2.24. The Bertz CT molecular complexity index is 747. The lowest BCUT2D eigenvalue weighted by atomic mass is 10.1. The number of nitrogens with one attached hydrogen (secondary N) is 1. The summed E-state index contributed by atoms with van der Waals surface area (Å²) in [5, 5.41) is 6.96. The lowest BCUT2D eigenvalue weighted by Gasteiger charge is -2.15. The molecule has 0 radical (unpaired) electrons. The molecule has 0 saturated heterocycles. The van der Waals surface area contributed by atoms with E-state index in [1.807, 2.05) is 56.4 Å². The minimum atomic E-state index is 0.727. The van der Waals surface area contributed by atoms with Crippen molar-refractivity contribution in [1.29, 1.82) is 0 Å². The van der Waals surface area contributed by atoms with E-state index in [-0.39, 0.29) is 0 Å². The Kier molecular flexibility index (Phi) is 3.39. The SMILES string of the molecule is Cc1cnc(-c2cccc(-c3ccn[nH]3)c2)nc1N(C)C. The fourth-order valence-corrected chi connectivity index (χ4v) is 2.27. The summed E-state index contributed by atoms with van der Waals surface area (Å²) in [6.07, 6.45) is 3.61. The molecule has 0 aliphatic rings. The molecule has 3 rings (SSSR count). The van der Waals surface area contributed by atoms with Crippen molar-refractivity contribution in [3.63, 3.8) is 0 Å². The van der Waals surface area contributed by atoms with Gasteiger partial charge >= 0.3 is 0 Å². The molecule has 0 aliphatic carbocycles. The van der Waals surface area contributed by atoms with Gasteiger partial charge in [0.25, 0.3) is 0 Å². The molecule has 0 unspecified atom stereocenters. The van der Waals surface area contributed by atoms with Crippen LogP contribution in [0.15, 0.2) is 42.7 Å². The quantitative estimate of drug-likeness (QED) is 0.801. The molecule has 0 fully saturated rings. The monoisotopic (exact) mass is 279 g/mol. The molecule has 1 aromatic carbocycles. The van der Waals surface area contributed by atoms with Crippen LogP contribution in [-0.4, -0.2) is 34.3 Å². The molecule has 5 nitrogen and oxygen atoms in total. The molecule has 2 heterocycles. The molecule has 21 heavy (non-hydrogen) atoms. The van der Waals surface area contributed by atoms with Crippen LogP contribution in [0.25, 0.3) is 22.6 Å². The Morgan fingerprint density at radius 3 is 2.62 bits per heavy atom. The second kappa shape index (κ2) is 5.36. The predicted molar refractivity (Wildman–Crippen MR) is 84.1 cm³/mol. The van der Waals surface area contributed by atoms with Crippen molar-refractivity contribution < 1.29 is 0 Å². The highest BCUT2D eigenvalue weighted by molar-refractivity contribution is 5.68. The Balaban J connectivity index is 2.05. The summed E-state index contributed by atoms with van der Waals surface area (Å²) in [7, 11) is 3.97. The Morgan fingerprint density at radius 1 is 1.10 bits per heavy atom. The van der Waals surface area contributed by atoms with E-state index in [0.717, 1.165) is 34.0 Å². The van der Waals surface area contributed by atoms with Gasteiger partial charge in [-0.1, -0.05) is 18.2 Å². The van der Waals surface area contributed by atoms with Crippen molar-refractivity contribution in [2.75, 3.05) is 19.0 Å². The Hall–Kier alpha value is -2.69. The zero-order chi connectivity index (χ0) is 14.8. The van der Waals surface area contributed by atoms with Crippen LogP contribution in [0.2, 0.25) is 0 Å². The van der Waals surface area contributed by atoms with E-state index in [0.29, 0.717) is 0 Å². The van der Waals surface area contributed by atoms with Gasteiger partial charge in [0.2, 0.25) is 0 Å². The van der Waals surface area contributed by atoms with Crippen molar-refractivity contribution in [1.82, 2.24) is 20.2 Å². The molecule has 106 valence electrons. The molecule has 1 N–H and O–H groups in total. The summed E-state index contributed by atoms with van der Waals surface area (Å²) in [4.78, 5) is 11.1. The minimum Gasteiger partial charge on any atom is -0.362 e. The topological polar surface area (TPSA) is 57.7 Å². The van der Waals surface area contributed by atoms with Gasteiger partial charge in [-0.3, -0.25) is 5.10 Å². The van der Waals surface area contributed by atoms with Crippen LogP contribution in [-0.2, 0) is 0 Å². The van der Waals surface area contributed by atoms with Gasteiger partial charge in [-0.05, 0) is 19.1 Å². The number of aromatic amines is 1. The van der Waals surface area contributed by atoms with Crippen LogP contribution >= 0.6 is 0 Å². The minimum absolute atomic E-state index is 0.727. The zero-order valence-electron chi connectivity index (χ0n) is 12.3. The van der Waals surface area contributed by atoms with Gasteiger partial charge in [0.1, 0.15) is 5.82 Å². The number of hydrogen-bond acceptors (Lipinski definition) is 4. The van der Waals surface area contributed by atoms with Crippen LogP contribution in [0.3, 0.4) is 0 Å². The molecule has 0 bridgehead atoms. The number of nitrogens with zero attached hydrogens (tertiary/aromatic N) is 4. The van der Waals surface area contributed by atoms with Crippen molar-refractivity contribution in [3.05, 3.63) is 48.3 Å². The Morgan fingerprint density at radius 2 is 1.90 bits per heavy atom. The number of anilines is 1. The second-order valence-electron chi connectivity index (χ2n) is 5.15. The Labute approximate surface area is 123 Å². The fourth-order valence-electron chi connectivity index (χ4n) is 2.27. The van der Waals surface area contributed by atoms with Crippen molar-refractivity contribution in [2.24, 2.45) is 0 Å². The van der Waals surface area contributed by atoms with E-state index in [1.165, 1.54) is 0 Å². The van der Waals surface area contributed by atoms with Crippen LogP contribution < -0.4 is 4.90 Å². The summed E-state index contributed by atoms with van der Waals surface area (Å²) in [6.45, 7) is 2.01. The second-order valence-corrected chi connectivity index (χ2v) is 5.15. The summed E-state index contributed by atoms with van der Waals surface area (Å²) in [5.74, 6) is 1.66. The van der Waals surface area contributed by atoms with E-state index in [1.54, 1.807) is 6.20 Å². The third-order valence-corrected chi connectivity index (χ3v) is 3.30. The first-order valence-corrected chi connectivity index (χ1v) is 6.76. The van der Waals surface area contributed by atoms with Crippen LogP contribution in [0.4, 0.5) is 5.82 Å². The largest absolute Gasteiger partial charge is 0.362 e. The molecule has 0 atom stereocenters. The molecule has 0 spiro atoms. The van der Waals surface area contributed by atoms with E-state index in [2.05, 4.69) is 26.2 Å². The van der Waals surface area contributed by atoms with E-state index in [4.69, 9.17) is 0 Å². The van der Waals surface area contributed by atoms with Crippen LogP contribution in [0.1, 0.15) is 5.56 Å². The molecule has 0 saturated carbocycles. The first kappa shape index (κ1) is 13.3. The number of rotatable bonds is 3. The highest BCUT2D eigenvalue weighted by Gasteiger charge is 2.09. The molecule has 2 aromatic heterocycles. The van der Waals surface area contributed by atoms with E-state index < -0.39 is 0 Å². The highest BCUT2D eigenvalue weighted by atomic mass is 15.2. The number of hydrogen-bond donors (Lipinski definition) is 1. The molecule has 0 amide bonds. The normalized spacial score (nSPS) is 10.6. The molecule has 0 aliphatic heterocycles. The van der Waals surface area contributed by atoms with Gasteiger partial charge in [0.05, 0.1) is 5.69 Å². The smallest absolute Gasteiger partial charge is 0.161 e. The maximum Gasteiger partial charge on any atom is 0.161 e.